The number of carbonyl (C=O) groups is 1. The van der Waals surface area contributed by atoms with Crippen LogP contribution in [-0.2, 0) is 11.2 Å². The van der Waals surface area contributed by atoms with Crippen molar-refractivity contribution in [3.63, 3.8) is 0 Å². The maximum absolute atomic E-state index is 12.6. The lowest BCUT2D eigenvalue weighted by molar-refractivity contribution is -0.120. The molecule has 1 atom stereocenters. The molecule has 0 aliphatic carbocycles. The van der Waals surface area contributed by atoms with Gasteiger partial charge < -0.3 is 10.2 Å². The van der Waals surface area contributed by atoms with Crippen LogP contribution in [0.1, 0.15) is 17.2 Å². The normalized spacial score (nSPS) is 11.6. The average Bonchev–Trinajstić information content (AvgIpc) is 2.69. The number of hydrogen-bond donors (Lipinski definition) is 1. The third-order valence-corrected chi connectivity index (χ3v) is 4.40. The first-order valence-electron chi connectivity index (χ1n) is 8.87. The Morgan fingerprint density at radius 3 is 2.00 bits per heavy atom. The number of benzene rings is 3. The van der Waals surface area contributed by atoms with E-state index < -0.39 is 0 Å². The third-order valence-electron chi connectivity index (χ3n) is 4.40. The van der Waals surface area contributed by atoms with Crippen LogP contribution >= 0.6 is 0 Å². The minimum absolute atomic E-state index is 0.0149. The van der Waals surface area contributed by atoms with Crippen molar-refractivity contribution < 1.29 is 4.79 Å². The Balaban J connectivity index is 1.70. The minimum Gasteiger partial charge on any atom is -0.365 e. The van der Waals surface area contributed by atoms with Crippen LogP contribution in [0.25, 0.3) is 0 Å². The molecule has 0 heterocycles. The maximum atomic E-state index is 12.6. The zero-order valence-electron chi connectivity index (χ0n) is 15.0. The number of likely N-dealkylation sites (N-methyl/N-ethyl adjacent to an activating group) is 1. The minimum atomic E-state index is -0.0460. The lowest BCUT2D eigenvalue weighted by atomic mass is 9.99. The smallest absolute Gasteiger partial charge is 0.239 e. The van der Waals surface area contributed by atoms with E-state index in [1.165, 1.54) is 5.56 Å². The molecule has 3 nitrogen and oxygen atoms in total. The molecule has 0 radical (unpaired) electrons. The van der Waals surface area contributed by atoms with Gasteiger partial charge in [-0.2, -0.15) is 0 Å². The molecule has 132 valence electrons. The van der Waals surface area contributed by atoms with Gasteiger partial charge in [0.2, 0.25) is 5.91 Å². The largest absolute Gasteiger partial charge is 0.365 e. The van der Waals surface area contributed by atoms with Gasteiger partial charge in [-0.05, 0) is 29.7 Å². The average molecular weight is 344 g/mol. The predicted octanol–water partition coefficient (Wildman–Crippen LogP) is 4.22. The summed E-state index contributed by atoms with van der Waals surface area (Å²) in [5.74, 6) is 0.0149. The van der Waals surface area contributed by atoms with Crippen molar-refractivity contribution in [2.75, 3.05) is 18.5 Å². The Morgan fingerprint density at radius 2 is 1.38 bits per heavy atom. The molecule has 0 fully saturated rings. The second-order valence-electron chi connectivity index (χ2n) is 6.41. The van der Waals surface area contributed by atoms with E-state index in [1.54, 1.807) is 0 Å². The Kier molecular flexibility index (Phi) is 6.05. The molecule has 0 aliphatic rings. The second-order valence-corrected chi connectivity index (χ2v) is 6.41. The van der Waals surface area contributed by atoms with Gasteiger partial charge >= 0.3 is 0 Å². The monoisotopic (exact) mass is 344 g/mol. The Bertz CT molecular complexity index is 803. The summed E-state index contributed by atoms with van der Waals surface area (Å²) in [4.78, 5) is 14.6. The standard InChI is InChI=1S/C23H24N2O/c1-25(21-15-9-4-10-16-21)18-23(26)24-22(20-13-7-3-8-14-20)17-19-11-5-2-6-12-19/h2-16,22H,17-18H2,1H3,(H,24,26). The van der Waals surface area contributed by atoms with Crippen LogP contribution in [0.3, 0.4) is 0 Å². The van der Waals surface area contributed by atoms with Crippen molar-refractivity contribution in [1.29, 1.82) is 0 Å². The number of amides is 1. The number of hydrogen-bond acceptors (Lipinski definition) is 2. The number of carbonyl (C=O) groups excluding carboxylic acids is 1. The van der Waals surface area contributed by atoms with E-state index in [0.29, 0.717) is 6.54 Å². The van der Waals surface area contributed by atoms with Crippen molar-refractivity contribution in [3.8, 4) is 0 Å². The molecule has 3 heteroatoms. The van der Waals surface area contributed by atoms with E-state index in [9.17, 15) is 4.79 Å². The highest BCUT2D eigenvalue weighted by Crippen LogP contribution is 2.19. The Labute approximate surface area is 155 Å². The van der Waals surface area contributed by atoms with E-state index >= 15 is 0 Å². The summed E-state index contributed by atoms with van der Waals surface area (Å²) in [7, 11) is 1.93. The van der Waals surface area contributed by atoms with Crippen LogP contribution in [0.5, 0.6) is 0 Å². The number of rotatable bonds is 7. The van der Waals surface area contributed by atoms with Crippen molar-refractivity contribution in [1.82, 2.24) is 5.32 Å². The van der Waals surface area contributed by atoms with Gasteiger partial charge in [0.05, 0.1) is 12.6 Å². The molecule has 1 unspecified atom stereocenters. The zero-order chi connectivity index (χ0) is 18.2. The zero-order valence-corrected chi connectivity index (χ0v) is 15.0. The van der Waals surface area contributed by atoms with Crippen molar-refractivity contribution in [2.24, 2.45) is 0 Å². The topological polar surface area (TPSA) is 32.3 Å². The summed E-state index contributed by atoms with van der Waals surface area (Å²) in [6.45, 7) is 0.322. The first-order chi connectivity index (χ1) is 12.7. The van der Waals surface area contributed by atoms with Crippen LogP contribution in [-0.4, -0.2) is 19.5 Å². The van der Waals surface area contributed by atoms with Gasteiger partial charge in [0, 0.05) is 12.7 Å². The summed E-state index contributed by atoms with van der Waals surface area (Å²) >= 11 is 0. The molecule has 26 heavy (non-hydrogen) atoms. The number of nitrogens with zero attached hydrogens (tertiary/aromatic N) is 1. The van der Waals surface area contributed by atoms with Gasteiger partial charge in [-0.3, -0.25) is 4.79 Å². The lowest BCUT2D eigenvalue weighted by Crippen LogP contribution is -2.38. The van der Waals surface area contributed by atoms with E-state index in [2.05, 4.69) is 29.6 Å². The Hall–Kier alpha value is -3.07. The molecule has 0 saturated heterocycles. The Morgan fingerprint density at radius 1 is 0.846 bits per heavy atom. The molecule has 3 rings (SSSR count). The molecule has 0 aromatic heterocycles. The highest BCUT2D eigenvalue weighted by atomic mass is 16.2. The van der Waals surface area contributed by atoms with E-state index in [-0.39, 0.29) is 11.9 Å². The van der Waals surface area contributed by atoms with Crippen LogP contribution in [0.15, 0.2) is 91.0 Å². The van der Waals surface area contributed by atoms with E-state index in [0.717, 1.165) is 17.7 Å². The fourth-order valence-electron chi connectivity index (χ4n) is 3.02. The van der Waals surface area contributed by atoms with Crippen LogP contribution < -0.4 is 10.2 Å². The number of para-hydroxylation sites is 1. The molecule has 0 aliphatic heterocycles. The van der Waals surface area contributed by atoms with Crippen LogP contribution in [0.4, 0.5) is 5.69 Å². The van der Waals surface area contributed by atoms with Crippen molar-refractivity contribution in [3.05, 3.63) is 102 Å². The van der Waals surface area contributed by atoms with E-state index in [4.69, 9.17) is 0 Å². The first kappa shape index (κ1) is 17.7. The summed E-state index contributed by atoms with van der Waals surface area (Å²) < 4.78 is 0. The van der Waals surface area contributed by atoms with Gasteiger partial charge in [-0.15, -0.1) is 0 Å². The highest BCUT2D eigenvalue weighted by molar-refractivity contribution is 5.81. The number of nitrogens with one attached hydrogen (secondary N) is 1. The predicted molar refractivity (Wildman–Crippen MR) is 107 cm³/mol. The maximum Gasteiger partial charge on any atom is 0.239 e. The molecule has 0 spiro atoms. The highest BCUT2D eigenvalue weighted by Gasteiger charge is 2.16. The van der Waals surface area contributed by atoms with Crippen molar-refractivity contribution in [2.45, 2.75) is 12.5 Å². The SMILES string of the molecule is CN(CC(=O)NC(Cc1ccccc1)c1ccccc1)c1ccccc1. The van der Waals surface area contributed by atoms with Gasteiger partial charge in [0.15, 0.2) is 0 Å². The van der Waals surface area contributed by atoms with Crippen LogP contribution in [0, 0.1) is 0 Å². The summed E-state index contributed by atoms with van der Waals surface area (Å²) in [6.07, 6.45) is 0.769. The second kappa shape index (κ2) is 8.86. The van der Waals surface area contributed by atoms with Gasteiger partial charge in [0.1, 0.15) is 0 Å². The first-order valence-corrected chi connectivity index (χ1v) is 8.87. The third kappa shape index (κ3) is 4.96. The molecule has 1 amide bonds. The quantitative estimate of drug-likeness (QED) is 0.696. The molecule has 1 N–H and O–H groups in total. The lowest BCUT2D eigenvalue weighted by Gasteiger charge is -2.23. The fraction of sp³-hybridized carbons (Fsp3) is 0.174. The summed E-state index contributed by atoms with van der Waals surface area (Å²) in [5, 5.41) is 3.20. The molecule has 0 bridgehead atoms. The molecule has 3 aromatic carbocycles. The van der Waals surface area contributed by atoms with Gasteiger partial charge in [0.25, 0.3) is 0 Å². The van der Waals surface area contributed by atoms with Gasteiger partial charge in [-0.25, -0.2) is 0 Å². The van der Waals surface area contributed by atoms with Crippen molar-refractivity contribution >= 4 is 11.6 Å². The van der Waals surface area contributed by atoms with Crippen LogP contribution in [0.2, 0.25) is 0 Å². The number of anilines is 1. The summed E-state index contributed by atoms with van der Waals surface area (Å²) in [6, 6.07) is 30.3. The molecule has 0 saturated carbocycles. The van der Waals surface area contributed by atoms with Gasteiger partial charge in [-0.1, -0.05) is 78.9 Å². The molecule has 3 aromatic rings. The molecular formula is C23H24N2O. The van der Waals surface area contributed by atoms with E-state index in [1.807, 2.05) is 78.7 Å². The fourth-order valence-corrected chi connectivity index (χ4v) is 3.02. The molecular weight excluding hydrogens is 320 g/mol. The summed E-state index contributed by atoms with van der Waals surface area (Å²) in [5.41, 5.74) is 3.35.